The highest BCUT2D eigenvalue weighted by Gasteiger charge is 2.59. The first-order valence-corrected chi connectivity index (χ1v) is 16.0. The zero-order chi connectivity index (χ0) is 27.4. The number of hydrogen-bond donors (Lipinski definition) is 1. The summed E-state index contributed by atoms with van der Waals surface area (Å²) < 4.78 is 1.86. The molecular weight excluding hydrogens is 484 g/mol. The minimum absolute atomic E-state index is 0.120. The summed E-state index contributed by atoms with van der Waals surface area (Å²) in [6, 6.07) is 0. The smallest absolute Gasteiger partial charge is 0.222 e. The van der Waals surface area contributed by atoms with Crippen molar-refractivity contribution in [3.63, 3.8) is 0 Å². The summed E-state index contributed by atoms with van der Waals surface area (Å²) in [4.78, 5) is 17.8. The molecule has 1 unspecified atom stereocenters. The Morgan fingerprint density at radius 2 is 1.90 bits per heavy atom. The van der Waals surface area contributed by atoms with Crippen molar-refractivity contribution in [3.8, 4) is 0 Å². The molecule has 3 saturated carbocycles. The molecule has 6 nitrogen and oxygen atoms in total. The highest BCUT2D eigenvalue weighted by molar-refractivity contribution is 5.76. The first-order chi connectivity index (χ1) is 18.7. The van der Waals surface area contributed by atoms with E-state index in [9.17, 15) is 9.90 Å². The molecule has 39 heavy (non-hydrogen) atoms. The minimum Gasteiger partial charge on any atom is -0.393 e. The van der Waals surface area contributed by atoms with E-state index in [0.717, 1.165) is 75.7 Å². The number of aryl methyl sites for hydroxylation is 1. The molecule has 2 heterocycles. The molecule has 1 amide bonds. The fourth-order valence-electron chi connectivity index (χ4n) is 10.3. The highest BCUT2D eigenvalue weighted by Crippen LogP contribution is 2.67. The Labute approximate surface area is 236 Å². The number of carbonyl (C=O) groups excluding carboxylic acids is 1. The zero-order valence-electron chi connectivity index (χ0n) is 24.9. The van der Waals surface area contributed by atoms with Crippen molar-refractivity contribution in [2.45, 2.75) is 97.6 Å². The molecule has 6 heteroatoms. The number of allylic oxidation sites excluding steroid dienone is 1. The summed E-state index contributed by atoms with van der Waals surface area (Å²) in [6.07, 6.45) is 17.9. The van der Waals surface area contributed by atoms with E-state index >= 15 is 0 Å². The van der Waals surface area contributed by atoms with E-state index < -0.39 is 0 Å². The molecule has 8 atom stereocenters. The zero-order valence-corrected chi connectivity index (χ0v) is 24.9. The second-order valence-corrected chi connectivity index (χ2v) is 14.6. The van der Waals surface area contributed by atoms with Gasteiger partial charge in [0.1, 0.15) is 0 Å². The molecular formula is C33H52N4O2. The Morgan fingerprint density at radius 1 is 1.10 bits per heavy atom. The Balaban J connectivity index is 1.02. The summed E-state index contributed by atoms with van der Waals surface area (Å²) in [5.41, 5.74) is 3.57. The third-order valence-electron chi connectivity index (χ3n) is 12.5. The average Bonchev–Trinajstić information content (AvgIpc) is 3.50. The van der Waals surface area contributed by atoms with E-state index in [4.69, 9.17) is 0 Å². The van der Waals surface area contributed by atoms with Gasteiger partial charge in [0, 0.05) is 58.0 Å². The molecule has 1 aromatic rings. The van der Waals surface area contributed by atoms with Gasteiger partial charge in [-0.3, -0.25) is 14.4 Å². The Hall–Kier alpha value is -1.66. The molecule has 4 aliphatic carbocycles. The standard InChI is InChI=1S/C33H52N4O2/c1-23(5-10-31(39)37-17-15-36(16-18-37)22-24-20-34-35(4)21-24)28-8-9-29-27-7-6-25-19-26(38)11-13-32(25,2)30(27)12-14-33(28,29)3/h6,20-21,23,26-30,38H,5,7-19,22H2,1-4H3/t23?,26-,27-,28+,29-,30-,32-,33+/m0/s1. The maximum absolute atomic E-state index is 13.2. The van der Waals surface area contributed by atoms with Crippen molar-refractivity contribution in [2.75, 3.05) is 26.2 Å². The summed E-state index contributed by atoms with van der Waals surface area (Å²) >= 11 is 0. The van der Waals surface area contributed by atoms with Crippen LogP contribution in [0.1, 0.15) is 90.5 Å². The van der Waals surface area contributed by atoms with Gasteiger partial charge in [-0.25, -0.2) is 0 Å². The molecule has 5 aliphatic rings. The van der Waals surface area contributed by atoms with Gasteiger partial charge in [-0.2, -0.15) is 5.10 Å². The van der Waals surface area contributed by atoms with Crippen LogP contribution in [0.15, 0.2) is 24.0 Å². The molecule has 216 valence electrons. The van der Waals surface area contributed by atoms with Crippen molar-refractivity contribution in [1.82, 2.24) is 19.6 Å². The fourth-order valence-corrected chi connectivity index (χ4v) is 10.3. The van der Waals surface area contributed by atoms with E-state index in [1.165, 1.54) is 44.1 Å². The lowest BCUT2D eigenvalue weighted by Gasteiger charge is -2.58. The van der Waals surface area contributed by atoms with E-state index in [0.29, 0.717) is 29.1 Å². The SMILES string of the molecule is CC(CCC(=O)N1CCN(Cc2cnn(C)c2)CC1)[C@H]1CC[C@H]2[C@@H]3CC=C4C[C@@H](O)CC[C@]4(C)[C@H]3CC[C@]12C. The molecule has 0 aromatic carbocycles. The number of piperazine rings is 1. The van der Waals surface area contributed by atoms with E-state index in [1.54, 1.807) is 5.57 Å². The average molecular weight is 537 g/mol. The number of aliphatic hydroxyl groups excluding tert-OH is 1. The normalized spacial score (nSPS) is 39.5. The molecule has 6 rings (SSSR count). The van der Waals surface area contributed by atoms with Gasteiger partial charge in [-0.15, -0.1) is 0 Å². The van der Waals surface area contributed by atoms with Crippen LogP contribution in [-0.2, 0) is 18.4 Å². The lowest BCUT2D eigenvalue weighted by Crippen LogP contribution is -2.51. The van der Waals surface area contributed by atoms with E-state index in [2.05, 4.69) is 47.9 Å². The predicted octanol–water partition coefficient (Wildman–Crippen LogP) is 5.42. The highest BCUT2D eigenvalue weighted by atomic mass is 16.3. The van der Waals surface area contributed by atoms with Gasteiger partial charge in [0.05, 0.1) is 12.3 Å². The van der Waals surface area contributed by atoms with Gasteiger partial charge in [0.2, 0.25) is 5.91 Å². The number of amides is 1. The van der Waals surface area contributed by atoms with Crippen molar-refractivity contribution in [3.05, 3.63) is 29.6 Å². The van der Waals surface area contributed by atoms with Crippen LogP contribution < -0.4 is 0 Å². The molecule has 0 spiro atoms. The van der Waals surface area contributed by atoms with Crippen LogP contribution in [0.2, 0.25) is 0 Å². The minimum atomic E-state index is -0.120. The predicted molar refractivity (Wildman–Crippen MR) is 155 cm³/mol. The maximum Gasteiger partial charge on any atom is 0.222 e. The fraction of sp³-hybridized carbons (Fsp3) is 0.818. The molecule has 4 fully saturated rings. The monoisotopic (exact) mass is 536 g/mol. The van der Waals surface area contributed by atoms with E-state index in [1.807, 2.05) is 17.9 Å². The summed E-state index contributed by atoms with van der Waals surface area (Å²) in [5.74, 6) is 4.17. The number of rotatable bonds is 6. The van der Waals surface area contributed by atoms with Crippen LogP contribution in [0, 0.1) is 40.4 Å². The molecule has 1 saturated heterocycles. The van der Waals surface area contributed by atoms with Crippen molar-refractivity contribution in [1.29, 1.82) is 0 Å². The van der Waals surface area contributed by atoms with Gasteiger partial charge in [-0.1, -0.05) is 32.4 Å². The number of nitrogens with zero attached hydrogens (tertiary/aromatic N) is 4. The van der Waals surface area contributed by atoms with Gasteiger partial charge < -0.3 is 10.0 Å². The van der Waals surface area contributed by atoms with Crippen LogP contribution in [0.25, 0.3) is 0 Å². The van der Waals surface area contributed by atoms with Crippen LogP contribution >= 0.6 is 0 Å². The maximum atomic E-state index is 13.2. The summed E-state index contributed by atoms with van der Waals surface area (Å²) in [5, 5.41) is 14.6. The summed E-state index contributed by atoms with van der Waals surface area (Å²) in [6.45, 7) is 12.1. The van der Waals surface area contributed by atoms with Gasteiger partial charge >= 0.3 is 0 Å². The second-order valence-electron chi connectivity index (χ2n) is 14.6. The van der Waals surface area contributed by atoms with Crippen LogP contribution in [0.5, 0.6) is 0 Å². The quantitative estimate of drug-likeness (QED) is 0.493. The Bertz CT molecular complexity index is 1070. The lowest BCUT2D eigenvalue weighted by molar-refractivity contribution is -0.133. The molecule has 0 bridgehead atoms. The van der Waals surface area contributed by atoms with Crippen molar-refractivity contribution >= 4 is 5.91 Å². The largest absolute Gasteiger partial charge is 0.393 e. The van der Waals surface area contributed by atoms with Crippen LogP contribution in [0.4, 0.5) is 0 Å². The number of hydrogen-bond acceptors (Lipinski definition) is 4. The molecule has 1 aromatic heterocycles. The lowest BCUT2D eigenvalue weighted by atomic mass is 9.47. The Kier molecular flexibility index (Phi) is 7.50. The third-order valence-corrected chi connectivity index (χ3v) is 12.5. The number of aromatic nitrogens is 2. The second kappa shape index (κ2) is 10.6. The Morgan fingerprint density at radius 3 is 2.64 bits per heavy atom. The van der Waals surface area contributed by atoms with Gasteiger partial charge in [0.15, 0.2) is 0 Å². The number of fused-ring (bicyclic) bond motifs is 5. The first-order valence-electron chi connectivity index (χ1n) is 16.0. The van der Waals surface area contributed by atoms with Gasteiger partial charge in [-0.05, 0) is 98.2 Å². The number of aliphatic hydroxyl groups is 1. The molecule has 1 aliphatic heterocycles. The topological polar surface area (TPSA) is 61.6 Å². The van der Waals surface area contributed by atoms with Crippen molar-refractivity contribution < 1.29 is 9.90 Å². The van der Waals surface area contributed by atoms with Crippen LogP contribution in [-0.4, -0.2) is 62.9 Å². The summed E-state index contributed by atoms with van der Waals surface area (Å²) in [7, 11) is 1.96. The molecule has 1 N–H and O–H groups in total. The molecule has 0 radical (unpaired) electrons. The van der Waals surface area contributed by atoms with E-state index in [-0.39, 0.29) is 6.10 Å². The first kappa shape index (κ1) is 27.5. The van der Waals surface area contributed by atoms with Gasteiger partial charge in [0.25, 0.3) is 0 Å². The number of carbonyl (C=O) groups is 1. The third kappa shape index (κ3) is 5.03. The van der Waals surface area contributed by atoms with Crippen LogP contribution in [0.3, 0.4) is 0 Å². The van der Waals surface area contributed by atoms with Crippen molar-refractivity contribution in [2.24, 2.45) is 47.5 Å².